The number of thioether (sulfide) groups is 1. The predicted molar refractivity (Wildman–Crippen MR) is 115 cm³/mol. The smallest absolute Gasteiger partial charge is 0.243 e. The van der Waals surface area contributed by atoms with Crippen molar-refractivity contribution in [3.63, 3.8) is 0 Å². The largest absolute Gasteiger partial charge is 0.319 e. The predicted octanol–water partition coefficient (Wildman–Crippen LogP) is 3.31. The van der Waals surface area contributed by atoms with Crippen LogP contribution in [0.5, 0.6) is 0 Å². The molecule has 1 aliphatic heterocycles. The molecule has 154 valence electrons. The van der Waals surface area contributed by atoms with Crippen LogP contribution in [0.3, 0.4) is 0 Å². The normalized spacial score (nSPS) is 17.4. The molecule has 1 aromatic rings. The third-order valence-corrected chi connectivity index (χ3v) is 5.93. The van der Waals surface area contributed by atoms with Crippen molar-refractivity contribution in [2.45, 2.75) is 34.1 Å². The maximum atomic E-state index is 13.0. The average molecular weight is 422 g/mol. The second-order valence-electron chi connectivity index (χ2n) is 7.68. The highest BCUT2D eigenvalue weighted by atomic mass is 32.2. The Kier molecular flexibility index (Phi) is 7.27. The van der Waals surface area contributed by atoms with Gasteiger partial charge in [-0.1, -0.05) is 31.7 Å². The van der Waals surface area contributed by atoms with E-state index in [1.165, 1.54) is 0 Å². The number of aryl methyl sites for hydroxylation is 2. The standard InChI is InChI=1S/C22H23N5O2S/c1-14-8-15(2)10-16(9-14)27(7-5-6-23)19(28)13-30-21-18(12-25)22(3,4)17(11-24)20(29)26-21/h8-10,17H,5,7,13H2,1-4H3,(H,26,29)/t17-/m0/s1. The zero-order valence-corrected chi connectivity index (χ0v) is 18.3. The number of hydrogen-bond acceptors (Lipinski definition) is 6. The summed E-state index contributed by atoms with van der Waals surface area (Å²) in [6, 6.07) is 11.9. The summed E-state index contributed by atoms with van der Waals surface area (Å²) in [6.45, 7) is 7.48. The number of nitriles is 3. The highest BCUT2D eigenvalue weighted by Crippen LogP contribution is 2.41. The van der Waals surface area contributed by atoms with Crippen molar-refractivity contribution in [1.29, 1.82) is 15.8 Å². The molecule has 30 heavy (non-hydrogen) atoms. The van der Waals surface area contributed by atoms with Crippen molar-refractivity contribution in [2.24, 2.45) is 11.3 Å². The minimum atomic E-state index is -0.977. The van der Waals surface area contributed by atoms with Crippen LogP contribution in [-0.4, -0.2) is 24.1 Å². The molecule has 0 radical (unpaired) electrons. The second-order valence-corrected chi connectivity index (χ2v) is 8.66. The average Bonchev–Trinajstić information content (AvgIpc) is 2.65. The van der Waals surface area contributed by atoms with Gasteiger partial charge in [0.1, 0.15) is 5.92 Å². The molecule has 8 heteroatoms. The minimum absolute atomic E-state index is 0.0213. The van der Waals surface area contributed by atoms with E-state index < -0.39 is 17.2 Å². The van der Waals surface area contributed by atoms with Crippen LogP contribution in [0, 0.1) is 59.2 Å². The van der Waals surface area contributed by atoms with Gasteiger partial charge in [-0.3, -0.25) is 9.59 Å². The Bertz CT molecular complexity index is 1000. The number of carbonyl (C=O) groups is 2. The molecule has 2 amide bonds. The molecule has 0 bridgehead atoms. The van der Waals surface area contributed by atoms with Gasteiger partial charge in [0.2, 0.25) is 11.8 Å². The van der Waals surface area contributed by atoms with E-state index in [9.17, 15) is 20.1 Å². The van der Waals surface area contributed by atoms with Gasteiger partial charge in [-0.2, -0.15) is 15.8 Å². The summed E-state index contributed by atoms with van der Waals surface area (Å²) in [4.78, 5) is 26.9. The monoisotopic (exact) mass is 421 g/mol. The molecule has 0 aliphatic carbocycles. The third-order valence-electron chi connectivity index (χ3n) is 4.94. The number of amides is 2. The highest BCUT2D eigenvalue weighted by molar-refractivity contribution is 8.03. The quantitative estimate of drug-likeness (QED) is 0.752. The fourth-order valence-corrected chi connectivity index (χ4v) is 4.46. The van der Waals surface area contributed by atoms with Crippen LogP contribution in [0.15, 0.2) is 28.8 Å². The molecular formula is C22H23N5O2S. The van der Waals surface area contributed by atoms with E-state index in [0.29, 0.717) is 10.7 Å². The second kappa shape index (κ2) is 9.48. The van der Waals surface area contributed by atoms with Crippen LogP contribution < -0.4 is 10.2 Å². The summed E-state index contributed by atoms with van der Waals surface area (Å²) in [7, 11) is 0. The number of benzene rings is 1. The Labute approximate surface area is 181 Å². The van der Waals surface area contributed by atoms with Crippen molar-refractivity contribution in [3.8, 4) is 18.2 Å². The molecule has 1 aliphatic rings. The molecular weight excluding hydrogens is 398 g/mol. The van der Waals surface area contributed by atoms with Gasteiger partial charge in [0.05, 0.1) is 41.0 Å². The van der Waals surface area contributed by atoms with Crippen molar-refractivity contribution in [2.75, 3.05) is 17.2 Å². The number of nitrogens with one attached hydrogen (secondary N) is 1. The Morgan fingerprint density at radius 3 is 2.37 bits per heavy atom. The third kappa shape index (κ3) is 4.82. The number of carbonyl (C=O) groups excluding carboxylic acids is 2. The minimum Gasteiger partial charge on any atom is -0.319 e. The van der Waals surface area contributed by atoms with E-state index in [4.69, 9.17) is 5.26 Å². The first kappa shape index (κ1) is 23.0. The Morgan fingerprint density at radius 2 is 1.83 bits per heavy atom. The summed E-state index contributed by atoms with van der Waals surface area (Å²) < 4.78 is 0. The van der Waals surface area contributed by atoms with Gasteiger partial charge in [-0.05, 0) is 37.1 Å². The first-order valence-corrected chi connectivity index (χ1v) is 10.4. The van der Waals surface area contributed by atoms with Crippen LogP contribution >= 0.6 is 11.8 Å². The zero-order valence-electron chi connectivity index (χ0n) is 17.4. The van der Waals surface area contributed by atoms with Gasteiger partial charge in [-0.25, -0.2) is 0 Å². The van der Waals surface area contributed by atoms with Crippen molar-refractivity contribution in [3.05, 3.63) is 39.9 Å². The number of hydrogen-bond donors (Lipinski definition) is 1. The first-order valence-electron chi connectivity index (χ1n) is 9.39. The summed E-state index contributed by atoms with van der Waals surface area (Å²) in [5.74, 6) is -1.71. The van der Waals surface area contributed by atoms with Crippen molar-refractivity contribution >= 4 is 29.3 Å². The maximum Gasteiger partial charge on any atom is 0.243 e. The SMILES string of the molecule is Cc1cc(C)cc(N(CCC#N)C(=O)CSC2=C(C#N)C(C)(C)[C@@H](C#N)C(=O)N2)c1. The molecule has 7 nitrogen and oxygen atoms in total. The number of nitrogens with zero attached hydrogens (tertiary/aromatic N) is 4. The van der Waals surface area contributed by atoms with Gasteiger partial charge in [0.15, 0.2) is 0 Å². The topological polar surface area (TPSA) is 121 Å². The van der Waals surface area contributed by atoms with Gasteiger partial charge < -0.3 is 10.2 Å². The lowest BCUT2D eigenvalue weighted by Crippen LogP contribution is -2.44. The van der Waals surface area contributed by atoms with Crippen LogP contribution in [0.2, 0.25) is 0 Å². The van der Waals surface area contributed by atoms with Crippen LogP contribution in [0.25, 0.3) is 0 Å². The van der Waals surface area contributed by atoms with E-state index in [-0.39, 0.29) is 30.2 Å². The van der Waals surface area contributed by atoms with Crippen LogP contribution in [0.4, 0.5) is 5.69 Å². The fraction of sp³-hybridized carbons (Fsp3) is 0.409. The first-order chi connectivity index (χ1) is 14.1. The lowest BCUT2D eigenvalue weighted by molar-refractivity contribution is -0.125. The Balaban J connectivity index is 2.29. The number of allylic oxidation sites excluding steroid dienone is 1. The molecule has 0 aromatic heterocycles. The van der Waals surface area contributed by atoms with Gasteiger partial charge in [0.25, 0.3) is 0 Å². The zero-order chi connectivity index (χ0) is 22.5. The molecule has 1 heterocycles. The van der Waals surface area contributed by atoms with Crippen molar-refractivity contribution < 1.29 is 9.59 Å². The lowest BCUT2D eigenvalue weighted by atomic mass is 9.72. The van der Waals surface area contributed by atoms with E-state index >= 15 is 0 Å². The van der Waals surface area contributed by atoms with E-state index in [0.717, 1.165) is 22.9 Å². The number of rotatable bonds is 6. The molecule has 0 saturated heterocycles. The molecule has 0 unspecified atom stereocenters. The summed E-state index contributed by atoms with van der Waals surface area (Å²) >= 11 is 1.06. The van der Waals surface area contributed by atoms with Gasteiger partial charge in [-0.15, -0.1) is 0 Å². The molecule has 2 rings (SSSR count). The van der Waals surface area contributed by atoms with Crippen LogP contribution in [0.1, 0.15) is 31.4 Å². The van der Waals surface area contributed by atoms with E-state index in [2.05, 4.69) is 17.5 Å². The molecule has 0 spiro atoms. The Morgan fingerprint density at radius 1 is 1.20 bits per heavy atom. The summed E-state index contributed by atoms with van der Waals surface area (Å²) in [5.41, 5.74) is 2.05. The number of anilines is 1. The molecule has 1 N–H and O–H groups in total. The van der Waals surface area contributed by atoms with Crippen LogP contribution in [-0.2, 0) is 9.59 Å². The fourth-order valence-electron chi connectivity index (χ4n) is 3.41. The highest BCUT2D eigenvalue weighted by Gasteiger charge is 2.44. The molecule has 1 aromatic carbocycles. The summed E-state index contributed by atoms with van der Waals surface area (Å²) in [6.07, 6.45) is 0.184. The maximum absolute atomic E-state index is 13.0. The van der Waals surface area contributed by atoms with E-state index in [1.807, 2.05) is 38.1 Å². The molecule has 0 saturated carbocycles. The summed E-state index contributed by atoms with van der Waals surface area (Å²) in [5, 5.41) is 30.8. The van der Waals surface area contributed by atoms with E-state index in [1.54, 1.807) is 18.7 Å². The van der Waals surface area contributed by atoms with Crippen molar-refractivity contribution in [1.82, 2.24) is 5.32 Å². The lowest BCUT2D eigenvalue weighted by Gasteiger charge is -2.34. The van der Waals surface area contributed by atoms with Gasteiger partial charge in [0, 0.05) is 17.6 Å². The molecule has 0 fully saturated rings. The Hall–Kier alpha value is -3.28. The van der Waals surface area contributed by atoms with Gasteiger partial charge >= 0.3 is 0 Å². The molecule has 1 atom stereocenters.